The molecule has 1 fully saturated rings. The van der Waals surface area contributed by atoms with Gasteiger partial charge in [-0.15, -0.1) is 11.8 Å². The number of primary amides is 2. The number of carbonyl (C=O) groups excluding carboxylic acids is 2. The summed E-state index contributed by atoms with van der Waals surface area (Å²) in [7, 11) is 1.66. The Kier molecular flexibility index (Phi) is 2.29. The van der Waals surface area contributed by atoms with E-state index in [-0.39, 0.29) is 0 Å². The third kappa shape index (κ3) is 1.07. The normalized spacial score (nSPS) is 22.4. The molecular weight excluding hydrogens is 178 g/mol. The van der Waals surface area contributed by atoms with Crippen molar-refractivity contribution in [2.24, 2.45) is 11.5 Å². The SMILES string of the molecule is CN1CCSC1(C(N)=O)C(N)=O. The van der Waals surface area contributed by atoms with Gasteiger partial charge in [-0.2, -0.15) is 0 Å². The van der Waals surface area contributed by atoms with E-state index in [9.17, 15) is 9.59 Å². The minimum atomic E-state index is -1.32. The number of thioether (sulfide) groups is 1. The van der Waals surface area contributed by atoms with Crippen LogP contribution in [0.1, 0.15) is 0 Å². The van der Waals surface area contributed by atoms with Crippen LogP contribution in [0.5, 0.6) is 0 Å². The zero-order valence-corrected chi connectivity index (χ0v) is 7.56. The van der Waals surface area contributed by atoms with Crippen LogP contribution >= 0.6 is 11.8 Å². The quantitative estimate of drug-likeness (QED) is 0.508. The van der Waals surface area contributed by atoms with Crippen LogP contribution in [0, 0.1) is 0 Å². The lowest BCUT2D eigenvalue weighted by Crippen LogP contribution is -2.58. The molecule has 1 rings (SSSR count). The summed E-state index contributed by atoms with van der Waals surface area (Å²) in [6.07, 6.45) is 0. The second-order valence-corrected chi connectivity index (χ2v) is 3.93. The molecule has 0 saturated carbocycles. The van der Waals surface area contributed by atoms with Crippen LogP contribution in [-0.2, 0) is 9.59 Å². The predicted molar refractivity (Wildman–Crippen MR) is 46.2 cm³/mol. The van der Waals surface area contributed by atoms with E-state index < -0.39 is 16.7 Å². The maximum Gasteiger partial charge on any atom is 0.258 e. The number of hydrogen-bond acceptors (Lipinski definition) is 4. The zero-order chi connectivity index (χ0) is 9.35. The van der Waals surface area contributed by atoms with Crippen LogP contribution < -0.4 is 11.5 Å². The number of rotatable bonds is 2. The van der Waals surface area contributed by atoms with Gasteiger partial charge in [-0.1, -0.05) is 0 Å². The Hall–Kier alpha value is -0.750. The van der Waals surface area contributed by atoms with E-state index in [0.29, 0.717) is 12.3 Å². The molecule has 1 heterocycles. The average Bonchev–Trinajstić information content (AvgIpc) is 2.31. The van der Waals surface area contributed by atoms with E-state index in [0.717, 1.165) is 0 Å². The van der Waals surface area contributed by atoms with Gasteiger partial charge < -0.3 is 11.5 Å². The molecule has 0 atom stereocenters. The summed E-state index contributed by atoms with van der Waals surface area (Å²) in [6, 6.07) is 0. The van der Waals surface area contributed by atoms with E-state index in [4.69, 9.17) is 11.5 Å². The fraction of sp³-hybridized carbons (Fsp3) is 0.667. The molecule has 1 aliphatic heterocycles. The number of carbonyl (C=O) groups is 2. The molecule has 0 aliphatic carbocycles. The third-order valence-corrected chi connectivity index (χ3v) is 3.46. The largest absolute Gasteiger partial charge is 0.367 e. The van der Waals surface area contributed by atoms with E-state index in [1.807, 2.05) is 0 Å². The van der Waals surface area contributed by atoms with Gasteiger partial charge in [0.15, 0.2) is 0 Å². The lowest BCUT2D eigenvalue weighted by molar-refractivity contribution is -0.134. The van der Waals surface area contributed by atoms with E-state index >= 15 is 0 Å². The van der Waals surface area contributed by atoms with E-state index in [1.54, 1.807) is 11.9 Å². The zero-order valence-electron chi connectivity index (χ0n) is 6.74. The standard InChI is InChI=1S/C6H11N3O2S/c1-9-2-3-12-6(9,4(7)10)5(8)11/h2-3H2,1H3,(H2,7,10)(H2,8,11). The Labute approximate surface area is 74.4 Å². The van der Waals surface area contributed by atoms with Gasteiger partial charge in [-0.05, 0) is 7.05 Å². The number of nitrogens with two attached hydrogens (primary N) is 2. The van der Waals surface area contributed by atoms with Crippen molar-refractivity contribution in [2.75, 3.05) is 19.3 Å². The van der Waals surface area contributed by atoms with Crippen LogP contribution in [0.25, 0.3) is 0 Å². The first-order valence-corrected chi connectivity index (χ1v) is 4.45. The van der Waals surface area contributed by atoms with Gasteiger partial charge in [0.25, 0.3) is 11.8 Å². The fourth-order valence-electron chi connectivity index (χ4n) is 1.24. The summed E-state index contributed by atoms with van der Waals surface area (Å²) < 4.78 is 0. The van der Waals surface area contributed by atoms with Gasteiger partial charge in [0, 0.05) is 12.3 Å². The molecule has 0 spiro atoms. The molecule has 1 saturated heterocycles. The maximum atomic E-state index is 11.0. The first kappa shape index (κ1) is 9.34. The molecule has 0 unspecified atom stereocenters. The molecule has 0 bridgehead atoms. The third-order valence-electron chi connectivity index (χ3n) is 1.94. The molecule has 0 aromatic rings. The van der Waals surface area contributed by atoms with Crippen molar-refractivity contribution in [2.45, 2.75) is 4.87 Å². The van der Waals surface area contributed by atoms with Crippen LogP contribution in [0.4, 0.5) is 0 Å². The second kappa shape index (κ2) is 2.95. The molecule has 0 aromatic heterocycles. The van der Waals surface area contributed by atoms with Crippen LogP contribution in [0.3, 0.4) is 0 Å². The highest BCUT2D eigenvalue weighted by molar-refractivity contribution is 8.02. The predicted octanol–water partition coefficient (Wildman–Crippen LogP) is -1.67. The molecule has 0 radical (unpaired) electrons. The summed E-state index contributed by atoms with van der Waals surface area (Å²) in [4.78, 5) is 22.3. The molecule has 4 N–H and O–H groups in total. The van der Waals surface area contributed by atoms with E-state index in [1.165, 1.54) is 11.8 Å². The Morgan fingerprint density at radius 3 is 2.08 bits per heavy atom. The average molecular weight is 189 g/mol. The number of hydrogen-bond donors (Lipinski definition) is 2. The minimum absolute atomic E-state index is 0.649. The van der Waals surface area contributed by atoms with Gasteiger partial charge in [0.1, 0.15) is 0 Å². The molecule has 5 nitrogen and oxygen atoms in total. The number of amides is 2. The van der Waals surface area contributed by atoms with Crippen LogP contribution in [-0.4, -0.2) is 40.9 Å². The van der Waals surface area contributed by atoms with Crippen molar-refractivity contribution in [1.29, 1.82) is 0 Å². The molecule has 12 heavy (non-hydrogen) atoms. The van der Waals surface area contributed by atoms with Crippen molar-refractivity contribution in [3.8, 4) is 0 Å². The Morgan fingerprint density at radius 2 is 1.92 bits per heavy atom. The fourth-order valence-corrected chi connectivity index (χ4v) is 2.49. The summed E-state index contributed by atoms with van der Waals surface area (Å²) in [6.45, 7) is 0.649. The topological polar surface area (TPSA) is 89.4 Å². The van der Waals surface area contributed by atoms with Crippen molar-refractivity contribution in [3.05, 3.63) is 0 Å². The summed E-state index contributed by atoms with van der Waals surface area (Å²) in [5, 5.41) is 0. The lowest BCUT2D eigenvalue weighted by Gasteiger charge is -2.27. The number of likely N-dealkylation sites (N-methyl/N-ethyl adjacent to an activating group) is 1. The Bertz CT molecular complexity index is 217. The summed E-state index contributed by atoms with van der Waals surface area (Å²) >= 11 is 1.19. The van der Waals surface area contributed by atoms with E-state index in [2.05, 4.69) is 0 Å². The molecule has 1 aliphatic rings. The van der Waals surface area contributed by atoms with Crippen molar-refractivity contribution >= 4 is 23.6 Å². The molecular formula is C6H11N3O2S. The van der Waals surface area contributed by atoms with Gasteiger partial charge in [0.05, 0.1) is 0 Å². The molecule has 0 aromatic carbocycles. The Balaban J connectivity index is 3.01. The van der Waals surface area contributed by atoms with Crippen molar-refractivity contribution < 1.29 is 9.59 Å². The first-order chi connectivity index (χ1) is 5.51. The maximum absolute atomic E-state index is 11.0. The van der Waals surface area contributed by atoms with Gasteiger partial charge in [-0.25, -0.2) is 0 Å². The monoisotopic (exact) mass is 189 g/mol. The van der Waals surface area contributed by atoms with Gasteiger partial charge in [-0.3, -0.25) is 14.5 Å². The first-order valence-electron chi connectivity index (χ1n) is 3.47. The van der Waals surface area contributed by atoms with Gasteiger partial charge in [0.2, 0.25) is 4.87 Å². The molecule has 68 valence electrons. The highest BCUT2D eigenvalue weighted by Gasteiger charge is 2.50. The summed E-state index contributed by atoms with van der Waals surface area (Å²) in [5.74, 6) is -0.664. The minimum Gasteiger partial charge on any atom is -0.367 e. The highest BCUT2D eigenvalue weighted by Crippen LogP contribution is 2.33. The van der Waals surface area contributed by atoms with Crippen LogP contribution in [0.15, 0.2) is 0 Å². The lowest BCUT2D eigenvalue weighted by atomic mass is 10.2. The second-order valence-electron chi connectivity index (χ2n) is 2.64. The smallest absolute Gasteiger partial charge is 0.258 e. The van der Waals surface area contributed by atoms with Crippen molar-refractivity contribution in [3.63, 3.8) is 0 Å². The Morgan fingerprint density at radius 1 is 1.42 bits per heavy atom. The summed E-state index contributed by atoms with van der Waals surface area (Å²) in [5.41, 5.74) is 10.2. The van der Waals surface area contributed by atoms with Crippen molar-refractivity contribution in [1.82, 2.24) is 4.90 Å². The molecule has 2 amide bonds. The highest BCUT2D eigenvalue weighted by atomic mass is 32.2. The van der Waals surface area contributed by atoms with Crippen LogP contribution in [0.2, 0.25) is 0 Å². The molecule has 6 heteroatoms. The number of nitrogens with zero attached hydrogens (tertiary/aromatic N) is 1. The van der Waals surface area contributed by atoms with Gasteiger partial charge >= 0.3 is 0 Å².